The lowest BCUT2D eigenvalue weighted by Crippen LogP contribution is -2.38. The molecule has 1 saturated carbocycles. The Morgan fingerprint density at radius 1 is 1.25 bits per heavy atom. The molecule has 1 atom stereocenters. The van der Waals surface area contributed by atoms with E-state index in [0.717, 1.165) is 5.56 Å². The van der Waals surface area contributed by atoms with Crippen molar-refractivity contribution in [1.29, 1.82) is 0 Å². The zero-order chi connectivity index (χ0) is 19.3. The van der Waals surface area contributed by atoms with Gasteiger partial charge in [-0.2, -0.15) is 5.10 Å². The molecule has 0 saturated heterocycles. The Morgan fingerprint density at radius 3 is 2.89 bits per heavy atom. The van der Waals surface area contributed by atoms with Gasteiger partial charge in [-0.05, 0) is 43.4 Å². The Bertz CT molecular complexity index is 932. The molecule has 0 aliphatic heterocycles. The van der Waals surface area contributed by atoms with Gasteiger partial charge in [0.15, 0.2) is 5.65 Å². The molecule has 1 aliphatic carbocycles. The summed E-state index contributed by atoms with van der Waals surface area (Å²) in [5.74, 6) is 1.15. The highest BCUT2D eigenvalue weighted by Crippen LogP contribution is 2.26. The second kappa shape index (κ2) is 8.37. The second-order valence-electron chi connectivity index (χ2n) is 7.51. The Balaban J connectivity index is 1.46. The largest absolute Gasteiger partial charge is 0.366 e. The van der Waals surface area contributed by atoms with Gasteiger partial charge in [0.2, 0.25) is 0 Å². The number of pyridine rings is 1. The standard InChI is InChI=1S/C21H26N6O/c1-15(17-7-3-2-4-8-17)25-21(28)18-14-24-27-11-9-19(26-20(18)27)23-13-16-6-5-10-22-12-16/h5-6,9-12,14-15,17H,2-4,7-8,13H2,1H3,(H,23,26)(H,25,28)/t15-/m1/s1. The highest BCUT2D eigenvalue weighted by molar-refractivity contribution is 5.99. The molecular formula is C21H26N6O. The first-order valence-electron chi connectivity index (χ1n) is 9.99. The van der Waals surface area contributed by atoms with E-state index in [-0.39, 0.29) is 11.9 Å². The molecule has 3 heterocycles. The number of nitrogens with zero attached hydrogens (tertiary/aromatic N) is 4. The molecule has 2 N–H and O–H groups in total. The topological polar surface area (TPSA) is 84.2 Å². The van der Waals surface area contributed by atoms with Gasteiger partial charge in [0.1, 0.15) is 11.4 Å². The Labute approximate surface area is 164 Å². The lowest BCUT2D eigenvalue weighted by Gasteiger charge is -2.28. The molecule has 0 unspecified atom stereocenters. The second-order valence-corrected chi connectivity index (χ2v) is 7.51. The molecule has 0 aromatic carbocycles. The van der Waals surface area contributed by atoms with Crippen molar-refractivity contribution in [3.63, 3.8) is 0 Å². The zero-order valence-corrected chi connectivity index (χ0v) is 16.1. The van der Waals surface area contributed by atoms with Crippen LogP contribution in [-0.2, 0) is 6.54 Å². The normalized spacial score (nSPS) is 16.0. The molecule has 28 heavy (non-hydrogen) atoms. The van der Waals surface area contributed by atoms with Crippen LogP contribution in [0.1, 0.15) is 54.9 Å². The van der Waals surface area contributed by atoms with Gasteiger partial charge in [-0.15, -0.1) is 0 Å². The van der Waals surface area contributed by atoms with Crippen LogP contribution in [0.4, 0.5) is 5.82 Å². The number of hydrogen-bond donors (Lipinski definition) is 2. The zero-order valence-electron chi connectivity index (χ0n) is 16.1. The summed E-state index contributed by atoms with van der Waals surface area (Å²) in [5.41, 5.74) is 2.13. The first-order chi connectivity index (χ1) is 13.7. The van der Waals surface area contributed by atoms with Crippen molar-refractivity contribution in [2.24, 2.45) is 5.92 Å². The number of carbonyl (C=O) groups is 1. The van der Waals surface area contributed by atoms with Crippen LogP contribution >= 0.6 is 0 Å². The van der Waals surface area contributed by atoms with Gasteiger partial charge in [0, 0.05) is 31.2 Å². The summed E-state index contributed by atoms with van der Waals surface area (Å²) in [6.07, 6.45) is 13.2. The number of anilines is 1. The maximum atomic E-state index is 12.8. The third kappa shape index (κ3) is 4.13. The van der Waals surface area contributed by atoms with Crippen LogP contribution in [-0.4, -0.2) is 31.5 Å². The molecule has 1 aliphatic rings. The third-order valence-electron chi connectivity index (χ3n) is 5.53. The minimum Gasteiger partial charge on any atom is -0.366 e. The average Bonchev–Trinajstić information content (AvgIpc) is 3.17. The van der Waals surface area contributed by atoms with E-state index in [2.05, 4.69) is 32.6 Å². The van der Waals surface area contributed by atoms with Crippen LogP contribution in [0.15, 0.2) is 43.0 Å². The Morgan fingerprint density at radius 2 is 2.11 bits per heavy atom. The molecule has 7 heteroatoms. The molecule has 3 aromatic rings. The van der Waals surface area contributed by atoms with E-state index in [0.29, 0.717) is 29.5 Å². The van der Waals surface area contributed by atoms with Gasteiger partial charge >= 0.3 is 0 Å². The number of aromatic nitrogens is 4. The van der Waals surface area contributed by atoms with E-state index in [1.807, 2.05) is 30.6 Å². The smallest absolute Gasteiger partial charge is 0.256 e. The first-order valence-corrected chi connectivity index (χ1v) is 9.99. The van der Waals surface area contributed by atoms with Gasteiger partial charge in [-0.1, -0.05) is 25.3 Å². The van der Waals surface area contributed by atoms with Crippen LogP contribution in [0.5, 0.6) is 0 Å². The summed E-state index contributed by atoms with van der Waals surface area (Å²) in [6, 6.07) is 5.92. The predicted octanol–water partition coefficient (Wildman–Crippen LogP) is 3.44. The van der Waals surface area contributed by atoms with Gasteiger partial charge in [-0.25, -0.2) is 9.50 Å². The van der Waals surface area contributed by atoms with Crippen LogP contribution in [0.3, 0.4) is 0 Å². The molecule has 3 aromatic heterocycles. The summed E-state index contributed by atoms with van der Waals surface area (Å²) >= 11 is 0. The molecule has 1 fully saturated rings. The maximum Gasteiger partial charge on any atom is 0.256 e. The quantitative estimate of drug-likeness (QED) is 0.686. The lowest BCUT2D eigenvalue weighted by atomic mass is 9.84. The number of nitrogens with one attached hydrogen (secondary N) is 2. The van der Waals surface area contributed by atoms with Crippen LogP contribution in [0.25, 0.3) is 5.65 Å². The Kier molecular flexibility index (Phi) is 5.50. The van der Waals surface area contributed by atoms with Crippen molar-refractivity contribution in [3.05, 3.63) is 54.1 Å². The molecule has 146 valence electrons. The van der Waals surface area contributed by atoms with E-state index in [1.165, 1.54) is 32.1 Å². The number of hydrogen-bond acceptors (Lipinski definition) is 5. The predicted molar refractivity (Wildman–Crippen MR) is 108 cm³/mol. The molecule has 0 spiro atoms. The van der Waals surface area contributed by atoms with E-state index in [9.17, 15) is 4.79 Å². The van der Waals surface area contributed by atoms with Crippen LogP contribution in [0.2, 0.25) is 0 Å². The molecular weight excluding hydrogens is 352 g/mol. The van der Waals surface area contributed by atoms with Crippen molar-refractivity contribution in [2.75, 3.05) is 5.32 Å². The minimum atomic E-state index is -0.106. The summed E-state index contributed by atoms with van der Waals surface area (Å²) in [6.45, 7) is 2.72. The van der Waals surface area contributed by atoms with Gasteiger partial charge in [0.05, 0.1) is 6.20 Å². The van der Waals surface area contributed by atoms with Crippen molar-refractivity contribution in [1.82, 2.24) is 24.9 Å². The molecule has 4 rings (SSSR count). The van der Waals surface area contributed by atoms with E-state index < -0.39 is 0 Å². The lowest BCUT2D eigenvalue weighted by molar-refractivity contribution is 0.0921. The third-order valence-corrected chi connectivity index (χ3v) is 5.53. The average molecular weight is 378 g/mol. The summed E-state index contributed by atoms with van der Waals surface area (Å²) in [7, 11) is 0. The monoisotopic (exact) mass is 378 g/mol. The van der Waals surface area contributed by atoms with Gasteiger partial charge in [0.25, 0.3) is 5.91 Å². The minimum absolute atomic E-state index is 0.106. The number of fused-ring (bicyclic) bond motifs is 1. The summed E-state index contributed by atoms with van der Waals surface area (Å²) in [5, 5.41) is 10.7. The van der Waals surface area contributed by atoms with Gasteiger partial charge < -0.3 is 10.6 Å². The Hall–Kier alpha value is -2.96. The highest BCUT2D eigenvalue weighted by atomic mass is 16.1. The highest BCUT2D eigenvalue weighted by Gasteiger charge is 2.23. The molecule has 1 amide bonds. The van der Waals surface area contributed by atoms with E-state index in [1.54, 1.807) is 16.9 Å². The van der Waals surface area contributed by atoms with Crippen LogP contribution in [0, 0.1) is 5.92 Å². The summed E-state index contributed by atoms with van der Waals surface area (Å²) < 4.78 is 1.63. The number of rotatable bonds is 6. The number of carbonyl (C=O) groups excluding carboxylic acids is 1. The number of amides is 1. The van der Waals surface area contributed by atoms with E-state index in [4.69, 9.17) is 0 Å². The van der Waals surface area contributed by atoms with Crippen molar-refractivity contribution in [3.8, 4) is 0 Å². The summed E-state index contributed by atoms with van der Waals surface area (Å²) in [4.78, 5) is 21.5. The fourth-order valence-electron chi connectivity index (χ4n) is 3.86. The fraction of sp³-hybridized carbons (Fsp3) is 0.429. The maximum absolute atomic E-state index is 12.8. The van der Waals surface area contributed by atoms with Gasteiger partial charge in [-0.3, -0.25) is 9.78 Å². The molecule has 0 bridgehead atoms. The van der Waals surface area contributed by atoms with Crippen molar-refractivity contribution < 1.29 is 4.79 Å². The van der Waals surface area contributed by atoms with Crippen molar-refractivity contribution >= 4 is 17.4 Å². The van der Waals surface area contributed by atoms with E-state index >= 15 is 0 Å². The first kappa shape index (κ1) is 18.4. The SMILES string of the molecule is C[C@@H](NC(=O)c1cnn2ccc(NCc3cccnc3)nc12)C1CCCCC1. The van der Waals surface area contributed by atoms with Crippen molar-refractivity contribution in [2.45, 2.75) is 51.6 Å². The molecule has 7 nitrogen and oxygen atoms in total. The molecule has 0 radical (unpaired) electrons. The fourth-order valence-corrected chi connectivity index (χ4v) is 3.86. The van der Waals surface area contributed by atoms with Crippen LogP contribution < -0.4 is 10.6 Å².